The summed E-state index contributed by atoms with van der Waals surface area (Å²) in [6.45, 7) is 12.5. The van der Waals surface area contributed by atoms with Crippen LogP contribution >= 0.6 is 0 Å². The Morgan fingerprint density at radius 2 is 1.56 bits per heavy atom. The van der Waals surface area contributed by atoms with E-state index < -0.39 is 11.0 Å². The first-order valence-electron chi connectivity index (χ1n) is 9.68. The van der Waals surface area contributed by atoms with Gasteiger partial charge in [-0.15, -0.1) is 0 Å². The summed E-state index contributed by atoms with van der Waals surface area (Å²) in [5.74, 6) is 0.473. The number of nitrogen functional groups attached to an aromatic ring is 1. The average molecular weight is 392 g/mol. The number of benzene rings is 2. The molecule has 1 atom stereocenters. The molecule has 0 fully saturated rings. The lowest BCUT2D eigenvalue weighted by atomic mass is 10.2. The molecular weight excluding hydrogens is 354 g/mol. The highest BCUT2D eigenvalue weighted by Gasteiger charge is 2.15. The molecule has 0 bridgehead atoms. The zero-order valence-electron chi connectivity index (χ0n) is 17.5. The van der Waals surface area contributed by atoms with Crippen molar-refractivity contribution >= 4 is 16.7 Å². The van der Waals surface area contributed by atoms with Crippen LogP contribution in [0, 0.1) is 12.8 Å². The van der Waals surface area contributed by atoms with Gasteiger partial charge in [0.15, 0.2) is 0 Å². The van der Waals surface area contributed by atoms with Crippen molar-refractivity contribution < 1.29 is 4.21 Å². The summed E-state index contributed by atoms with van der Waals surface area (Å²) in [7, 11) is -1.13. The Labute approximate surface area is 168 Å². The first-order valence-corrected chi connectivity index (χ1v) is 10.8. The first kappa shape index (κ1) is 25.3. The van der Waals surface area contributed by atoms with Gasteiger partial charge in [-0.05, 0) is 50.1 Å². The number of nitrogens with zero attached hydrogens (tertiary/aromatic N) is 1. The fraction of sp³-hybridized carbons (Fsp3) is 0.455. The van der Waals surface area contributed by atoms with Gasteiger partial charge < -0.3 is 11.5 Å². The fourth-order valence-electron chi connectivity index (χ4n) is 2.18. The van der Waals surface area contributed by atoms with Crippen molar-refractivity contribution in [3.8, 4) is 0 Å². The number of anilines is 1. The van der Waals surface area contributed by atoms with E-state index in [1.807, 2.05) is 48.5 Å². The Morgan fingerprint density at radius 1 is 1.00 bits per heavy atom. The van der Waals surface area contributed by atoms with Gasteiger partial charge in [0.25, 0.3) is 0 Å². The summed E-state index contributed by atoms with van der Waals surface area (Å²) in [5, 5.41) is 0. The fourth-order valence-corrected chi connectivity index (χ4v) is 3.58. The maximum Gasteiger partial charge on any atom is 0.127 e. The average Bonchev–Trinajstić information content (AvgIpc) is 2.67. The quantitative estimate of drug-likeness (QED) is 0.677. The summed E-state index contributed by atoms with van der Waals surface area (Å²) < 4.78 is 14.4. The standard InChI is InChI=1S/C13H23N3OS.C7H8.C2H6/c1-11(2)10-16(9-3-8-14)18(17)13-6-4-12(15)5-7-13;1-7-5-3-2-4-6-7;1-2/h4-7,11H,3,8-10,14-15H2,1-2H3;2-6H,1H3;1-2H3. The van der Waals surface area contributed by atoms with Gasteiger partial charge in [-0.25, -0.2) is 8.51 Å². The SMILES string of the molecule is CC.CC(C)CN(CCCN)S(=O)c1ccc(N)cc1.Cc1ccccc1. The van der Waals surface area contributed by atoms with Crippen LogP contribution in [0.1, 0.15) is 39.7 Å². The summed E-state index contributed by atoms with van der Waals surface area (Å²) in [6, 6.07) is 17.5. The Hall–Kier alpha value is -1.69. The molecule has 0 spiro atoms. The molecule has 0 heterocycles. The van der Waals surface area contributed by atoms with Gasteiger partial charge in [-0.2, -0.15) is 0 Å². The minimum Gasteiger partial charge on any atom is -0.399 e. The molecule has 0 saturated heterocycles. The third-order valence-electron chi connectivity index (χ3n) is 3.44. The molecule has 27 heavy (non-hydrogen) atoms. The topological polar surface area (TPSA) is 72.3 Å². The molecule has 1 unspecified atom stereocenters. The van der Waals surface area contributed by atoms with E-state index in [1.165, 1.54) is 5.56 Å². The molecule has 2 rings (SSSR count). The Balaban J connectivity index is 0.000000621. The number of nitrogens with two attached hydrogens (primary N) is 2. The summed E-state index contributed by atoms with van der Waals surface area (Å²) >= 11 is 0. The van der Waals surface area contributed by atoms with Crippen LogP contribution in [0.25, 0.3) is 0 Å². The second kappa shape index (κ2) is 15.4. The van der Waals surface area contributed by atoms with Gasteiger partial charge >= 0.3 is 0 Å². The van der Waals surface area contributed by atoms with E-state index in [1.54, 1.807) is 12.1 Å². The van der Waals surface area contributed by atoms with E-state index in [-0.39, 0.29) is 0 Å². The monoisotopic (exact) mass is 391 g/mol. The van der Waals surface area contributed by atoms with Gasteiger partial charge in [-0.3, -0.25) is 0 Å². The number of rotatable bonds is 7. The maximum absolute atomic E-state index is 12.5. The third-order valence-corrected chi connectivity index (χ3v) is 4.91. The summed E-state index contributed by atoms with van der Waals surface area (Å²) in [5.41, 5.74) is 13.2. The van der Waals surface area contributed by atoms with E-state index >= 15 is 0 Å². The molecule has 2 aromatic carbocycles. The van der Waals surface area contributed by atoms with Crippen LogP contribution in [0.2, 0.25) is 0 Å². The lowest BCUT2D eigenvalue weighted by Crippen LogP contribution is -2.32. The molecule has 0 aliphatic heterocycles. The number of aryl methyl sites for hydroxylation is 1. The summed E-state index contributed by atoms with van der Waals surface area (Å²) in [6.07, 6.45) is 0.855. The van der Waals surface area contributed by atoms with Crippen LogP contribution in [0.15, 0.2) is 59.5 Å². The lowest BCUT2D eigenvalue weighted by molar-refractivity contribution is 0.385. The van der Waals surface area contributed by atoms with Crippen molar-refractivity contribution in [3.63, 3.8) is 0 Å². The molecule has 0 aliphatic rings. The Morgan fingerprint density at radius 3 is 1.96 bits per heavy atom. The number of hydrogen-bond donors (Lipinski definition) is 2. The molecule has 4 nitrogen and oxygen atoms in total. The van der Waals surface area contributed by atoms with Gasteiger partial charge in [0, 0.05) is 18.8 Å². The minimum absolute atomic E-state index is 0.473. The second-order valence-corrected chi connectivity index (χ2v) is 7.88. The molecule has 2 aromatic rings. The minimum atomic E-state index is -1.13. The van der Waals surface area contributed by atoms with Crippen LogP contribution < -0.4 is 11.5 Å². The van der Waals surface area contributed by atoms with Crippen molar-refractivity contribution in [1.82, 2.24) is 4.31 Å². The molecule has 5 heteroatoms. The van der Waals surface area contributed by atoms with Crippen molar-refractivity contribution in [3.05, 3.63) is 60.2 Å². The molecule has 152 valence electrons. The van der Waals surface area contributed by atoms with Crippen molar-refractivity contribution in [2.24, 2.45) is 11.7 Å². The van der Waals surface area contributed by atoms with Gasteiger partial charge in [-0.1, -0.05) is 63.6 Å². The zero-order valence-corrected chi connectivity index (χ0v) is 18.3. The van der Waals surface area contributed by atoms with Gasteiger partial charge in [0.2, 0.25) is 0 Å². The highest BCUT2D eigenvalue weighted by Crippen LogP contribution is 2.15. The maximum atomic E-state index is 12.5. The van der Waals surface area contributed by atoms with E-state index in [4.69, 9.17) is 11.5 Å². The van der Waals surface area contributed by atoms with Crippen LogP contribution in [0.5, 0.6) is 0 Å². The smallest absolute Gasteiger partial charge is 0.127 e. The van der Waals surface area contributed by atoms with Gasteiger partial charge in [0.1, 0.15) is 11.0 Å². The van der Waals surface area contributed by atoms with Gasteiger partial charge in [0.05, 0.1) is 4.90 Å². The lowest BCUT2D eigenvalue weighted by Gasteiger charge is -2.22. The molecule has 0 amide bonds. The normalized spacial score (nSPS) is 11.3. The van der Waals surface area contributed by atoms with Crippen molar-refractivity contribution in [2.45, 2.75) is 45.9 Å². The highest BCUT2D eigenvalue weighted by atomic mass is 32.2. The molecular formula is C22H37N3OS. The molecule has 0 aromatic heterocycles. The zero-order chi connectivity index (χ0) is 20.7. The predicted octanol–water partition coefficient (Wildman–Crippen LogP) is 4.62. The van der Waals surface area contributed by atoms with E-state index in [9.17, 15) is 4.21 Å². The van der Waals surface area contributed by atoms with E-state index in [2.05, 4.69) is 32.9 Å². The Bertz CT molecular complexity index is 615. The molecule has 0 radical (unpaired) electrons. The van der Waals surface area contributed by atoms with Crippen LogP contribution in [-0.4, -0.2) is 28.1 Å². The Kier molecular flexibility index (Phi) is 14.4. The first-order chi connectivity index (χ1) is 12.9. The van der Waals surface area contributed by atoms with Crippen LogP contribution in [-0.2, 0) is 11.0 Å². The molecule has 4 N–H and O–H groups in total. The number of hydrogen-bond acceptors (Lipinski definition) is 3. The third kappa shape index (κ3) is 11.6. The van der Waals surface area contributed by atoms with Crippen LogP contribution in [0.3, 0.4) is 0 Å². The van der Waals surface area contributed by atoms with Crippen molar-refractivity contribution in [1.29, 1.82) is 0 Å². The highest BCUT2D eigenvalue weighted by molar-refractivity contribution is 7.82. The van der Waals surface area contributed by atoms with E-state index in [0.717, 1.165) is 24.4 Å². The summed E-state index contributed by atoms with van der Waals surface area (Å²) in [4.78, 5) is 0.793. The predicted molar refractivity (Wildman–Crippen MR) is 120 cm³/mol. The second-order valence-electron chi connectivity index (χ2n) is 6.40. The molecule has 0 saturated carbocycles. The van der Waals surface area contributed by atoms with Crippen molar-refractivity contribution in [2.75, 3.05) is 25.4 Å². The van der Waals surface area contributed by atoms with E-state index in [0.29, 0.717) is 18.2 Å². The van der Waals surface area contributed by atoms with Crippen LogP contribution in [0.4, 0.5) is 5.69 Å². The molecule has 0 aliphatic carbocycles. The largest absolute Gasteiger partial charge is 0.399 e.